The fraction of sp³-hybridized carbons (Fsp3) is 0.462. The van der Waals surface area contributed by atoms with Gasteiger partial charge in [0.2, 0.25) is 6.29 Å². The van der Waals surface area contributed by atoms with Gasteiger partial charge in [0.05, 0.1) is 5.92 Å². The number of ether oxygens (including phenoxy) is 2. The van der Waals surface area contributed by atoms with E-state index in [0.717, 1.165) is 12.5 Å². The zero-order valence-electron chi connectivity index (χ0n) is 10.6. The van der Waals surface area contributed by atoms with Crippen molar-refractivity contribution in [2.75, 3.05) is 0 Å². The molecule has 0 saturated heterocycles. The van der Waals surface area contributed by atoms with Crippen molar-refractivity contribution in [2.24, 2.45) is 5.92 Å². The minimum atomic E-state index is -1.13. The normalized spacial score (nSPS) is 19.8. The van der Waals surface area contributed by atoms with E-state index in [0.29, 0.717) is 12.8 Å². The summed E-state index contributed by atoms with van der Waals surface area (Å²) in [4.78, 5) is 33.8. The van der Waals surface area contributed by atoms with Crippen molar-refractivity contribution in [3.05, 3.63) is 24.3 Å². The third-order valence-electron chi connectivity index (χ3n) is 2.70. The number of allylic oxidation sites excluding steroid dienone is 1. The van der Waals surface area contributed by atoms with Crippen molar-refractivity contribution in [1.29, 1.82) is 0 Å². The molecule has 0 aliphatic heterocycles. The van der Waals surface area contributed by atoms with Gasteiger partial charge in [-0.15, -0.1) is 0 Å². The Bertz CT molecular complexity index is 423. The second-order valence-electron chi connectivity index (χ2n) is 4.09. The van der Waals surface area contributed by atoms with Gasteiger partial charge >= 0.3 is 17.9 Å². The number of carbonyl (C=O) groups is 3. The van der Waals surface area contributed by atoms with Crippen LogP contribution in [0.15, 0.2) is 24.3 Å². The first-order valence-electron chi connectivity index (χ1n) is 5.92. The van der Waals surface area contributed by atoms with Crippen molar-refractivity contribution < 1.29 is 29.0 Å². The van der Waals surface area contributed by atoms with Crippen LogP contribution in [0.3, 0.4) is 0 Å². The van der Waals surface area contributed by atoms with Crippen LogP contribution in [0.1, 0.15) is 26.2 Å². The number of carboxylic acids is 1. The van der Waals surface area contributed by atoms with E-state index >= 15 is 0 Å². The summed E-state index contributed by atoms with van der Waals surface area (Å²) in [6, 6.07) is 0. The fourth-order valence-electron chi connectivity index (χ4n) is 1.84. The van der Waals surface area contributed by atoms with E-state index in [2.05, 4.69) is 11.3 Å². The molecule has 0 aromatic rings. The molecule has 0 fully saturated rings. The first-order valence-corrected chi connectivity index (χ1v) is 5.92. The van der Waals surface area contributed by atoms with Crippen molar-refractivity contribution in [2.45, 2.75) is 32.5 Å². The number of carboxylic acid groups (broad SMARTS) is 1. The number of hydrogen-bond donors (Lipinski definition) is 1. The summed E-state index contributed by atoms with van der Waals surface area (Å²) >= 11 is 0. The third-order valence-corrected chi connectivity index (χ3v) is 2.70. The maximum atomic E-state index is 11.8. The number of hydrogen-bond acceptors (Lipinski definition) is 5. The number of aliphatic carboxylic acids is 1. The summed E-state index contributed by atoms with van der Waals surface area (Å²) in [5.41, 5.74) is 0.0403. The van der Waals surface area contributed by atoms with E-state index in [9.17, 15) is 14.4 Å². The predicted octanol–water partition coefficient (Wildman–Crippen LogP) is 1.42. The lowest BCUT2D eigenvalue weighted by Crippen LogP contribution is -2.30. The average molecular weight is 268 g/mol. The molecule has 2 atom stereocenters. The van der Waals surface area contributed by atoms with Crippen LogP contribution < -0.4 is 0 Å². The molecule has 0 aromatic carbocycles. The Morgan fingerprint density at radius 3 is 2.74 bits per heavy atom. The summed E-state index contributed by atoms with van der Waals surface area (Å²) in [5.74, 6) is -3.34. The monoisotopic (exact) mass is 268 g/mol. The maximum absolute atomic E-state index is 11.8. The molecule has 1 N–H and O–H groups in total. The van der Waals surface area contributed by atoms with Gasteiger partial charge in [-0.3, -0.25) is 4.79 Å². The largest absolute Gasteiger partial charge is 0.478 e. The SMILES string of the molecule is C=CC(=O)OC(C)OC(=O)C1CCCC=C1C(=O)O. The molecule has 19 heavy (non-hydrogen) atoms. The molecule has 1 aliphatic carbocycles. The highest BCUT2D eigenvalue weighted by atomic mass is 16.7. The lowest BCUT2D eigenvalue weighted by atomic mass is 9.88. The Balaban J connectivity index is 2.64. The Kier molecular flexibility index (Phi) is 5.29. The molecule has 2 unspecified atom stereocenters. The Morgan fingerprint density at radius 2 is 2.16 bits per heavy atom. The fourth-order valence-corrected chi connectivity index (χ4v) is 1.84. The lowest BCUT2D eigenvalue weighted by Gasteiger charge is -2.22. The van der Waals surface area contributed by atoms with Crippen molar-refractivity contribution in [1.82, 2.24) is 0 Å². The minimum Gasteiger partial charge on any atom is -0.478 e. The van der Waals surface area contributed by atoms with E-state index in [-0.39, 0.29) is 5.57 Å². The zero-order valence-corrected chi connectivity index (χ0v) is 10.6. The molecule has 0 radical (unpaired) electrons. The molecule has 6 heteroatoms. The Labute approximate surface area is 110 Å². The summed E-state index contributed by atoms with van der Waals surface area (Å²) in [5, 5.41) is 9.00. The van der Waals surface area contributed by atoms with Crippen LogP contribution >= 0.6 is 0 Å². The molecule has 1 rings (SSSR count). The van der Waals surface area contributed by atoms with Crippen LogP contribution in [-0.2, 0) is 23.9 Å². The van der Waals surface area contributed by atoms with Crippen LogP contribution in [0, 0.1) is 5.92 Å². The van der Waals surface area contributed by atoms with Crippen LogP contribution in [0.5, 0.6) is 0 Å². The van der Waals surface area contributed by atoms with Crippen LogP contribution in [0.4, 0.5) is 0 Å². The summed E-state index contributed by atoms with van der Waals surface area (Å²) < 4.78 is 9.60. The van der Waals surface area contributed by atoms with Gasteiger partial charge in [0.15, 0.2) is 0 Å². The molecule has 0 heterocycles. The Morgan fingerprint density at radius 1 is 1.47 bits per heavy atom. The summed E-state index contributed by atoms with van der Waals surface area (Å²) in [6.07, 6.45) is 3.17. The quantitative estimate of drug-likeness (QED) is 0.460. The Hall–Kier alpha value is -2.11. The van der Waals surface area contributed by atoms with Gasteiger partial charge in [-0.1, -0.05) is 12.7 Å². The van der Waals surface area contributed by atoms with Crippen LogP contribution in [0.2, 0.25) is 0 Å². The number of rotatable bonds is 5. The van der Waals surface area contributed by atoms with Gasteiger partial charge in [0.25, 0.3) is 0 Å². The van der Waals surface area contributed by atoms with Gasteiger partial charge in [0, 0.05) is 18.6 Å². The third kappa shape index (κ3) is 4.24. The molecule has 0 bridgehead atoms. The molecule has 1 aliphatic rings. The van der Waals surface area contributed by atoms with Gasteiger partial charge in [0.1, 0.15) is 0 Å². The van der Waals surface area contributed by atoms with E-state index in [4.69, 9.17) is 9.84 Å². The van der Waals surface area contributed by atoms with Gasteiger partial charge in [-0.05, 0) is 19.3 Å². The lowest BCUT2D eigenvalue weighted by molar-refractivity contribution is -0.184. The molecule has 0 spiro atoms. The van der Waals surface area contributed by atoms with Crippen molar-refractivity contribution in [3.8, 4) is 0 Å². The molecule has 6 nitrogen and oxygen atoms in total. The highest BCUT2D eigenvalue weighted by molar-refractivity contribution is 5.94. The average Bonchev–Trinajstić information content (AvgIpc) is 2.38. The minimum absolute atomic E-state index is 0.0403. The van der Waals surface area contributed by atoms with Gasteiger partial charge in [-0.25, -0.2) is 9.59 Å². The molecule has 0 amide bonds. The maximum Gasteiger partial charge on any atom is 0.333 e. The van der Waals surface area contributed by atoms with Crippen molar-refractivity contribution >= 4 is 17.9 Å². The first kappa shape index (κ1) is 14.9. The summed E-state index contributed by atoms with van der Waals surface area (Å²) in [7, 11) is 0. The molecule has 0 aromatic heterocycles. The van der Waals surface area contributed by atoms with Crippen LogP contribution in [-0.4, -0.2) is 29.3 Å². The second kappa shape index (κ2) is 6.72. The molecule has 0 saturated carbocycles. The summed E-state index contributed by atoms with van der Waals surface area (Å²) in [6.45, 7) is 4.60. The molecular weight excluding hydrogens is 252 g/mol. The van der Waals surface area contributed by atoms with E-state index in [1.165, 1.54) is 13.0 Å². The van der Waals surface area contributed by atoms with Crippen molar-refractivity contribution in [3.63, 3.8) is 0 Å². The molecule has 104 valence electrons. The molecular formula is C13H16O6. The topological polar surface area (TPSA) is 89.9 Å². The van der Waals surface area contributed by atoms with E-state index < -0.39 is 30.1 Å². The standard InChI is InChI=1S/C13H16O6/c1-3-11(14)18-8(2)19-13(17)10-7-5-4-6-9(10)12(15)16/h3,6,8,10H,1,4-5,7H2,2H3,(H,15,16). The van der Waals surface area contributed by atoms with E-state index in [1.807, 2.05) is 0 Å². The predicted molar refractivity (Wildman–Crippen MR) is 64.9 cm³/mol. The van der Waals surface area contributed by atoms with Crippen LogP contribution in [0.25, 0.3) is 0 Å². The second-order valence-corrected chi connectivity index (χ2v) is 4.09. The zero-order chi connectivity index (χ0) is 14.4. The van der Waals surface area contributed by atoms with Gasteiger partial charge < -0.3 is 14.6 Å². The van der Waals surface area contributed by atoms with Gasteiger partial charge in [-0.2, -0.15) is 0 Å². The smallest absolute Gasteiger partial charge is 0.333 e. The number of esters is 2. The highest BCUT2D eigenvalue weighted by Crippen LogP contribution is 2.26. The van der Waals surface area contributed by atoms with E-state index in [1.54, 1.807) is 0 Å². The number of carbonyl (C=O) groups excluding carboxylic acids is 2. The highest BCUT2D eigenvalue weighted by Gasteiger charge is 2.31. The first-order chi connectivity index (χ1) is 8.95.